The van der Waals surface area contributed by atoms with E-state index in [4.69, 9.17) is 11.6 Å². The van der Waals surface area contributed by atoms with Crippen molar-refractivity contribution in [2.75, 3.05) is 18.4 Å². The van der Waals surface area contributed by atoms with Crippen molar-refractivity contribution >= 4 is 29.7 Å². The van der Waals surface area contributed by atoms with E-state index in [1.165, 1.54) is 18.2 Å². The summed E-state index contributed by atoms with van der Waals surface area (Å²) in [6, 6.07) is 3.86. The number of fused-ring (bicyclic) bond motifs is 1. The fourth-order valence-electron chi connectivity index (χ4n) is 3.28. The van der Waals surface area contributed by atoms with Crippen LogP contribution in [-0.4, -0.2) is 40.2 Å². The first-order chi connectivity index (χ1) is 13.5. The van der Waals surface area contributed by atoms with Crippen molar-refractivity contribution < 1.29 is 14.0 Å². The Morgan fingerprint density at radius 3 is 2.96 bits per heavy atom. The third-order valence-electron chi connectivity index (χ3n) is 4.86. The zero-order valence-corrected chi connectivity index (χ0v) is 16.4. The number of aromatic nitrogens is 2. The van der Waals surface area contributed by atoms with Gasteiger partial charge in [0.2, 0.25) is 6.41 Å². The summed E-state index contributed by atoms with van der Waals surface area (Å²) in [5, 5.41) is 10.1. The molecule has 3 amide bonds. The van der Waals surface area contributed by atoms with E-state index < -0.39 is 5.82 Å². The highest BCUT2D eigenvalue weighted by Crippen LogP contribution is 2.24. The number of benzene rings is 1. The van der Waals surface area contributed by atoms with E-state index >= 15 is 0 Å². The molecule has 28 heavy (non-hydrogen) atoms. The number of amides is 3. The maximum Gasteiger partial charge on any atom is 0.322 e. The standard InChI is InChI=1S/C19H23ClFN5O2/c1-13-15-11-25(19(28)23-14-4-5-17(21)16(20)10-14)9-6-18(15)24-26(13)8-3-2-7-22-12-27/h4-5,10,12H,2-3,6-9,11H2,1H3,(H,22,27)(H,23,28). The summed E-state index contributed by atoms with van der Waals surface area (Å²) in [6.07, 6.45) is 3.19. The minimum Gasteiger partial charge on any atom is -0.359 e. The number of unbranched alkanes of at least 4 members (excludes halogenated alkanes) is 1. The lowest BCUT2D eigenvalue weighted by Crippen LogP contribution is -2.38. The Bertz CT molecular complexity index is 870. The van der Waals surface area contributed by atoms with Gasteiger partial charge in [-0.15, -0.1) is 0 Å². The molecular weight excluding hydrogens is 385 g/mol. The molecule has 0 unspecified atom stereocenters. The summed E-state index contributed by atoms with van der Waals surface area (Å²) in [7, 11) is 0. The van der Waals surface area contributed by atoms with E-state index in [9.17, 15) is 14.0 Å². The molecule has 0 saturated heterocycles. The summed E-state index contributed by atoms with van der Waals surface area (Å²) in [5.74, 6) is -0.521. The highest BCUT2D eigenvalue weighted by Gasteiger charge is 2.25. The van der Waals surface area contributed by atoms with Gasteiger partial charge in [0.25, 0.3) is 0 Å². The predicted octanol–water partition coefficient (Wildman–Crippen LogP) is 3.10. The third-order valence-corrected chi connectivity index (χ3v) is 5.15. The molecule has 150 valence electrons. The Kier molecular flexibility index (Phi) is 6.51. The van der Waals surface area contributed by atoms with E-state index in [-0.39, 0.29) is 11.1 Å². The van der Waals surface area contributed by atoms with E-state index in [1.54, 1.807) is 4.90 Å². The monoisotopic (exact) mass is 407 g/mol. The van der Waals surface area contributed by atoms with Gasteiger partial charge in [-0.05, 0) is 38.0 Å². The summed E-state index contributed by atoms with van der Waals surface area (Å²) >= 11 is 5.77. The second-order valence-electron chi connectivity index (χ2n) is 6.74. The number of aryl methyl sites for hydroxylation is 1. The fourth-order valence-corrected chi connectivity index (χ4v) is 3.46. The number of nitrogens with zero attached hydrogens (tertiary/aromatic N) is 3. The molecular formula is C19H23ClFN5O2. The van der Waals surface area contributed by atoms with Gasteiger partial charge in [-0.25, -0.2) is 9.18 Å². The number of hydrogen-bond donors (Lipinski definition) is 2. The number of halogens is 2. The first-order valence-corrected chi connectivity index (χ1v) is 9.60. The molecule has 0 aliphatic carbocycles. The molecule has 2 aromatic rings. The van der Waals surface area contributed by atoms with Crippen LogP contribution in [-0.2, 0) is 24.3 Å². The summed E-state index contributed by atoms with van der Waals surface area (Å²) < 4.78 is 15.2. The van der Waals surface area contributed by atoms with Crippen molar-refractivity contribution in [2.45, 2.75) is 39.3 Å². The number of hydrogen-bond acceptors (Lipinski definition) is 3. The van der Waals surface area contributed by atoms with Crippen molar-refractivity contribution in [1.82, 2.24) is 20.0 Å². The molecule has 1 aliphatic heterocycles. The quantitative estimate of drug-likeness (QED) is 0.546. The third kappa shape index (κ3) is 4.62. The van der Waals surface area contributed by atoms with Crippen molar-refractivity contribution in [3.05, 3.63) is 46.0 Å². The topological polar surface area (TPSA) is 79.3 Å². The van der Waals surface area contributed by atoms with Gasteiger partial charge in [-0.1, -0.05) is 11.6 Å². The molecule has 0 fully saturated rings. The summed E-state index contributed by atoms with van der Waals surface area (Å²) in [5.41, 5.74) is 3.61. The Hall–Kier alpha value is -2.61. The number of carbonyl (C=O) groups is 2. The Morgan fingerprint density at radius 1 is 1.39 bits per heavy atom. The molecule has 0 radical (unpaired) electrons. The minimum atomic E-state index is -0.521. The first kappa shape index (κ1) is 20.1. The molecule has 0 bridgehead atoms. The zero-order chi connectivity index (χ0) is 20.1. The van der Waals surface area contributed by atoms with Gasteiger partial charge in [0, 0.05) is 43.0 Å². The second-order valence-corrected chi connectivity index (χ2v) is 7.15. The van der Waals surface area contributed by atoms with Crippen LogP contribution in [0.25, 0.3) is 0 Å². The number of nitrogens with one attached hydrogen (secondary N) is 2. The van der Waals surface area contributed by atoms with Crippen LogP contribution in [0.3, 0.4) is 0 Å². The SMILES string of the molecule is Cc1c2c(nn1CCCCNC=O)CCN(C(=O)Nc1ccc(F)c(Cl)c1)C2. The van der Waals surface area contributed by atoms with Gasteiger partial charge in [-0.3, -0.25) is 9.48 Å². The maximum atomic E-state index is 13.3. The zero-order valence-electron chi connectivity index (χ0n) is 15.7. The molecule has 0 atom stereocenters. The van der Waals surface area contributed by atoms with Crippen LogP contribution in [0.15, 0.2) is 18.2 Å². The fraction of sp³-hybridized carbons (Fsp3) is 0.421. The first-order valence-electron chi connectivity index (χ1n) is 9.22. The lowest BCUT2D eigenvalue weighted by Gasteiger charge is -2.27. The smallest absolute Gasteiger partial charge is 0.322 e. The van der Waals surface area contributed by atoms with Gasteiger partial charge in [0.05, 0.1) is 17.3 Å². The normalized spacial score (nSPS) is 13.2. The lowest BCUT2D eigenvalue weighted by molar-refractivity contribution is -0.109. The number of rotatable bonds is 7. The number of urea groups is 1. The van der Waals surface area contributed by atoms with Crippen LogP contribution < -0.4 is 10.6 Å². The molecule has 9 heteroatoms. The molecule has 1 aliphatic rings. The van der Waals surface area contributed by atoms with E-state index in [0.29, 0.717) is 38.2 Å². The molecule has 2 N–H and O–H groups in total. The highest BCUT2D eigenvalue weighted by molar-refractivity contribution is 6.31. The van der Waals surface area contributed by atoms with Gasteiger partial charge in [0.1, 0.15) is 5.82 Å². The maximum absolute atomic E-state index is 13.3. The Balaban J connectivity index is 1.60. The summed E-state index contributed by atoms with van der Waals surface area (Å²) in [6.45, 7) is 4.49. The van der Waals surface area contributed by atoms with Crippen molar-refractivity contribution in [3.8, 4) is 0 Å². The Morgan fingerprint density at radius 2 is 2.21 bits per heavy atom. The van der Waals surface area contributed by atoms with Crippen LogP contribution in [0.4, 0.5) is 14.9 Å². The number of carbonyl (C=O) groups excluding carboxylic acids is 2. The van der Waals surface area contributed by atoms with E-state index in [0.717, 1.165) is 36.3 Å². The Labute approximate surface area is 167 Å². The molecule has 0 spiro atoms. The van der Waals surface area contributed by atoms with E-state index in [2.05, 4.69) is 15.7 Å². The van der Waals surface area contributed by atoms with Gasteiger partial charge >= 0.3 is 6.03 Å². The molecule has 0 saturated carbocycles. The molecule has 3 rings (SSSR count). The second kappa shape index (κ2) is 9.05. The molecule has 1 aromatic carbocycles. The average Bonchev–Trinajstić information content (AvgIpc) is 3.00. The van der Waals surface area contributed by atoms with Gasteiger partial charge in [-0.2, -0.15) is 5.10 Å². The summed E-state index contributed by atoms with van der Waals surface area (Å²) in [4.78, 5) is 24.6. The molecule has 7 nitrogen and oxygen atoms in total. The minimum absolute atomic E-state index is 0.0285. The van der Waals surface area contributed by atoms with Crippen molar-refractivity contribution in [1.29, 1.82) is 0 Å². The van der Waals surface area contributed by atoms with E-state index in [1.807, 2.05) is 11.6 Å². The van der Waals surface area contributed by atoms with Crippen LogP contribution in [0.5, 0.6) is 0 Å². The molecule has 2 heterocycles. The van der Waals surface area contributed by atoms with Crippen molar-refractivity contribution in [2.24, 2.45) is 0 Å². The lowest BCUT2D eigenvalue weighted by atomic mass is 10.1. The highest BCUT2D eigenvalue weighted by atomic mass is 35.5. The largest absolute Gasteiger partial charge is 0.359 e. The number of anilines is 1. The molecule has 1 aromatic heterocycles. The van der Waals surface area contributed by atoms with Gasteiger partial charge < -0.3 is 15.5 Å². The van der Waals surface area contributed by atoms with Crippen LogP contribution in [0.2, 0.25) is 5.02 Å². The van der Waals surface area contributed by atoms with Crippen molar-refractivity contribution in [3.63, 3.8) is 0 Å². The predicted molar refractivity (Wildman–Crippen MR) is 105 cm³/mol. The average molecular weight is 408 g/mol. The van der Waals surface area contributed by atoms with Crippen LogP contribution in [0.1, 0.15) is 29.8 Å². The van der Waals surface area contributed by atoms with Crippen LogP contribution >= 0.6 is 11.6 Å². The van der Waals surface area contributed by atoms with Crippen LogP contribution in [0, 0.1) is 12.7 Å². The van der Waals surface area contributed by atoms with Gasteiger partial charge in [0.15, 0.2) is 0 Å².